The second-order valence-electron chi connectivity index (χ2n) is 5.70. The Bertz CT molecular complexity index is 770. The van der Waals surface area contributed by atoms with Crippen molar-refractivity contribution in [3.63, 3.8) is 0 Å². The Labute approximate surface area is 147 Å². The van der Waals surface area contributed by atoms with Crippen LogP contribution >= 0.6 is 11.6 Å². The van der Waals surface area contributed by atoms with Crippen molar-refractivity contribution < 1.29 is 5.11 Å². The van der Waals surface area contributed by atoms with Gasteiger partial charge in [-0.3, -0.25) is 0 Å². The first-order valence-electron chi connectivity index (χ1n) is 7.96. The number of hydrogen-bond donors (Lipinski definition) is 1. The predicted octanol–water partition coefficient (Wildman–Crippen LogP) is 4.83. The summed E-state index contributed by atoms with van der Waals surface area (Å²) in [6, 6.07) is 15.8. The van der Waals surface area contributed by atoms with Crippen LogP contribution in [0.4, 0.5) is 0 Å². The molecule has 0 spiro atoms. The summed E-state index contributed by atoms with van der Waals surface area (Å²) in [7, 11) is 0. The van der Waals surface area contributed by atoms with Crippen LogP contribution in [0.5, 0.6) is 0 Å². The van der Waals surface area contributed by atoms with E-state index < -0.39 is 0 Å². The molecule has 3 nitrogen and oxygen atoms in total. The minimum Gasteiger partial charge on any atom is -0.390 e. The highest BCUT2D eigenvalue weighted by atomic mass is 35.5. The molecule has 0 saturated heterocycles. The van der Waals surface area contributed by atoms with Gasteiger partial charge in [-0.25, -0.2) is 9.97 Å². The lowest BCUT2D eigenvalue weighted by atomic mass is 10.0. The molecule has 3 rings (SSSR count). The van der Waals surface area contributed by atoms with Crippen molar-refractivity contribution in [3.8, 4) is 22.5 Å². The van der Waals surface area contributed by atoms with E-state index in [1.807, 2.05) is 31.2 Å². The van der Waals surface area contributed by atoms with E-state index in [2.05, 4.69) is 31.2 Å². The minimum atomic E-state index is -0.120. The molecule has 122 valence electrons. The standard InChI is InChI=1S/C20H19ClN2O/c1-3-17-18(12-24)23-20(15-8-10-16(21)11-9-15)19(22-17)14-6-4-13(2)5-7-14/h4-11,24H,3,12H2,1-2H3. The topological polar surface area (TPSA) is 46.0 Å². The largest absolute Gasteiger partial charge is 0.390 e. The van der Waals surface area contributed by atoms with Crippen LogP contribution in [0.2, 0.25) is 5.02 Å². The molecule has 0 aliphatic carbocycles. The van der Waals surface area contributed by atoms with Crippen LogP contribution in [-0.4, -0.2) is 15.1 Å². The van der Waals surface area contributed by atoms with Crippen LogP contribution in [-0.2, 0) is 13.0 Å². The fraction of sp³-hybridized carbons (Fsp3) is 0.200. The molecule has 0 amide bonds. The van der Waals surface area contributed by atoms with Gasteiger partial charge in [-0.2, -0.15) is 0 Å². The highest BCUT2D eigenvalue weighted by Gasteiger charge is 2.15. The van der Waals surface area contributed by atoms with E-state index in [1.165, 1.54) is 5.56 Å². The Balaban J connectivity index is 2.24. The summed E-state index contributed by atoms with van der Waals surface area (Å²) in [6.45, 7) is 3.96. The summed E-state index contributed by atoms with van der Waals surface area (Å²) < 4.78 is 0. The first-order valence-corrected chi connectivity index (χ1v) is 8.33. The average Bonchev–Trinajstić information content (AvgIpc) is 2.62. The van der Waals surface area contributed by atoms with Crippen LogP contribution in [0.3, 0.4) is 0 Å². The Hall–Kier alpha value is -2.23. The van der Waals surface area contributed by atoms with Crippen LogP contribution in [0.1, 0.15) is 23.9 Å². The Morgan fingerprint density at radius 3 is 1.83 bits per heavy atom. The van der Waals surface area contributed by atoms with Crippen LogP contribution in [0, 0.1) is 6.92 Å². The summed E-state index contributed by atoms with van der Waals surface area (Å²) >= 11 is 6.00. The number of benzene rings is 2. The average molecular weight is 339 g/mol. The number of halogens is 1. The van der Waals surface area contributed by atoms with Gasteiger partial charge in [0.05, 0.1) is 29.4 Å². The Morgan fingerprint density at radius 2 is 1.33 bits per heavy atom. The van der Waals surface area contributed by atoms with E-state index >= 15 is 0 Å². The smallest absolute Gasteiger partial charge is 0.0969 e. The third-order valence-corrected chi connectivity index (χ3v) is 4.23. The van der Waals surface area contributed by atoms with Gasteiger partial charge in [-0.1, -0.05) is 60.5 Å². The van der Waals surface area contributed by atoms with Crippen LogP contribution < -0.4 is 0 Å². The van der Waals surface area contributed by atoms with Gasteiger partial charge in [0, 0.05) is 16.1 Å². The van der Waals surface area contributed by atoms with E-state index in [0.29, 0.717) is 10.7 Å². The summed E-state index contributed by atoms with van der Waals surface area (Å²) in [6.07, 6.45) is 0.725. The maximum Gasteiger partial charge on any atom is 0.0969 e. The third kappa shape index (κ3) is 3.32. The summed E-state index contributed by atoms with van der Waals surface area (Å²) in [5.74, 6) is 0. The molecule has 1 N–H and O–H groups in total. The van der Waals surface area contributed by atoms with E-state index in [1.54, 1.807) is 0 Å². The van der Waals surface area contributed by atoms with Gasteiger partial charge in [0.1, 0.15) is 0 Å². The third-order valence-electron chi connectivity index (χ3n) is 3.98. The molecular formula is C20H19ClN2O. The number of nitrogens with zero attached hydrogens (tertiary/aromatic N) is 2. The van der Waals surface area contributed by atoms with Gasteiger partial charge in [0.2, 0.25) is 0 Å². The minimum absolute atomic E-state index is 0.120. The predicted molar refractivity (Wildman–Crippen MR) is 98.0 cm³/mol. The molecule has 2 aromatic carbocycles. The molecule has 0 radical (unpaired) electrons. The first-order chi connectivity index (χ1) is 11.6. The molecule has 4 heteroatoms. The molecule has 0 aliphatic rings. The van der Waals surface area contributed by atoms with Gasteiger partial charge in [-0.05, 0) is 25.5 Å². The number of aryl methyl sites for hydroxylation is 2. The summed E-state index contributed by atoms with van der Waals surface area (Å²) in [5, 5.41) is 10.3. The van der Waals surface area contributed by atoms with E-state index in [4.69, 9.17) is 21.6 Å². The summed E-state index contributed by atoms with van der Waals surface area (Å²) in [4.78, 5) is 9.51. The van der Waals surface area contributed by atoms with E-state index in [9.17, 15) is 5.11 Å². The van der Waals surface area contributed by atoms with Crippen molar-refractivity contribution in [2.45, 2.75) is 26.9 Å². The van der Waals surface area contributed by atoms with Crippen LogP contribution in [0.15, 0.2) is 48.5 Å². The molecule has 0 unspecified atom stereocenters. The lowest BCUT2D eigenvalue weighted by Crippen LogP contribution is -2.05. The number of hydrogen-bond acceptors (Lipinski definition) is 3. The number of rotatable bonds is 4. The molecule has 1 aromatic heterocycles. The highest BCUT2D eigenvalue weighted by molar-refractivity contribution is 6.30. The van der Waals surface area contributed by atoms with Crippen molar-refractivity contribution in [1.29, 1.82) is 0 Å². The molecule has 3 aromatic rings. The van der Waals surface area contributed by atoms with E-state index in [-0.39, 0.29) is 6.61 Å². The Morgan fingerprint density at radius 1 is 0.833 bits per heavy atom. The zero-order valence-corrected chi connectivity index (χ0v) is 14.5. The zero-order valence-electron chi connectivity index (χ0n) is 13.8. The molecule has 24 heavy (non-hydrogen) atoms. The fourth-order valence-electron chi connectivity index (χ4n) is 2.64. The van der Waals surface area contributed by atoms with Crippen LogP contribution in [0.25, 0.3) is 22.5 Å². The maximum atomic E-state index is 9.64. The van der Waals surface area contributed by atoms with Gasteiger partial charge in [-0.15, -0.1) is 0 Å². The molecule has 1 heterocycles. The van der Waals surface area contributed by atoms with Crippen molar-refractivity contribution in [2.75, 3.05) is 0 Å². The molecular weight excluding hydrogens is 320 g/mol. The fourth-order valence-corrected chi connectivity index (χ4v) is 2.76. The van der Waals surface area contributed by atoms with Crippen molar-refractivity contribution in [2.24, 2.45) is 0 Å². The van der Waals surface area contributed by atoms with Gasteiger partial charge in [0.15, 0.2) is 0 Å². The maximum absolute atomic E-state index is 9.64. The molecule has 0 aliphatic heterocycles. The zero-order chi connectivity index (χ0) is 17.1. The monoisotopic (exact) mass is 338 g/mol. The summed E-state index contributed by atoms with van der Waals surface area (Å²) in [5.41, 5.74) is 6.17. The van der Waals surface area contributed by atoms with E-state index in [0.717, 1.165) is 34.6 Å². The lowest BCUT2D eigenvalue weighted by molar-refractivity contribution is 0.275. The number of aromatic nitrogens is 2. The lowest BCUT2D eigenvalue weighted by Gasteiger charge is -2.13. The van der Waals surface area contributed by atoms with Gasteiger partial charge < -0.3 is 5.11 Å². The second kappa shape index (κ2) is 7.12. The molecule has 0 bridgehead atoms. The van der Waals surface area contributed by atoms with Crippen molar-refractivity contribution >= 4 is 11.6 Å². The number of aliphatic hydroxyl groups excluding tert-OH is 1. The number of aliphatic hydroxyl groups is 1. The molecule has 0 saturated carbocycles. The first kappa shape index (κ1) is 16.6. The molecule has 0 fully saturated rings. The van der Waals surface area contributed by atoms with Crippen molar-refractivity contribution in [1.82, 2.24) is 9.97 Å². The van der Waals surface area contributed by atoms with Crippen molar-refractivity contribution in [3.05, 3.63) is 70.5 Å². The SMILES string of the molecule is CCc1nc(-c2ccc(C)cc2)c(-c2ccc(Cl)cc2)nc1CO. The van der Waals surface area contributed by atoms with Gasteiger partial charge in [0.25, 0.3) is 0 Å². The normalized spacial score (nSPS) is 10.8. The molecule has 0 atom stereocenters. The Kier molecular flexibility index (Phi) is 4.93. The highest BCUT2D eigenvalue weighted by Crippen LogP contribution is 2.31. The quantitative estimate of drug-likeness (QED) is 0.741. The second-order valence-corrected chi connectivity index (χ2v) is 6.14. The van der Waals surface area contributed by atoms with Gasteiger partial charge >= 0.3 is 0 Å².